The fourth-order valence-electron chi connectivity index (χ4n) is 4.67. The van der Waals surface area contributed by atoms with Gasteiger partial charge in [0.1, 0.15) is 17.0 Å². The van der Waals surface area contributed by atoms with Crippen LogP contribution in [0.3, 0.4) is 0 Å². The summed E-state index contributed by atoms with van der Waals surface area (Å²) in [4.78, 5) is 38.3. The van der Waals surface area contributed by atoms with Crippen molar-refractivity contribution in [1.82, 2.24) is 5.32 Å². The highest BCUT2D eigenvalue weighted by molar-refractivity contribution is 6.31. The Bertz CT molecular complexity index is 1120. The van der Waals surface area contributed by atoms with Crippen LogP contribution in [0.4, 0.5) is 11.4 Å². The number of fused-ring (bicyclic) bond motifs is 2. The number of carbonyl (C=O) groups excluding carboxylic acids is 3. The van der Waals surface area contributed by atoms with Gasteiger partial charge in [-0.2, -0.15) is 0 Å². The van der Waals surface area contributed by atoms with Crippen LogP contribution in [0, 0.1) is 5.92 Å². The second kappa shape index (κ2) is 8.92. The Labute approximate surface area is 195 Å². The lowest BCUT2D eigenvalue weighted by molar-refractivity contribution is -0.130. The Morgan fingerprint density at radius 1 is 1.21 bits per heavy atom. The number of nitrogens with two attached hydrogens (primary N) is 1. The standard InChI is InChI=1S/C23H25ClN4O5/c1-32-14-5-7-19(33-2)18(11-14)26-21(30)16-10-13(4-8-20(25)29)28-23(16)15-9-12(24)3-6-17(15)27-22(23)31/h3,5-7,9,11,13,16,28H,4,8,10H2,1-2H3,(H2,25,29)(H,26,30)(H,27,31)/t13-,16-,23-/m0/s1. The molecule has 1 fully saturated rings. The highest BCUT2D eigenvalue weighted by Gasteiger charge is 2.60. The molecule has 4 rings (SSSR count). The molecule has 10 heteroatoms. The van der Waals surface area contributed by atoms with E-state index in [1.165, 1.54) is 14.2 Å². The zero-order valence-corrected chi connectivity index (χ0v) is 19.0. The van der Waals surface area contributed by atoms with E-state index in [2.05, 4.69) is 16.0 Å². The van der Waals surface area contributed by atoms with E-state index in [0.29, 0.717) is 46.3 Å². The third kappa shape index (κ3) is 4.09. The van der Waals surface area contributed by atoms with E-state index in [1.54, 1.807) is 36.4 Å². The van der Waals surface area contributed by atoms with Crippen LogP contribution in [-0.4, -0.2) is 38.0 Å². The number of primary amides is 1. The van der Waals surface area contributed by atoms with Crippen LogP contribution in [-0.2, 0) is 19.9 Å². The maximum absolute atomic E-state index is 13.6. The van der Waals surface area contributed by atoms with E-state index in [9.17, 15) is 14.4 Å². The fourth-order valence-corrected chi connectivity index (χ4v) is 4.84. The zero-order chi connectivity index (χ0) is 23.8. The summed E-state index contributed by atoms with van der Waals surface area (Å²) in [6.07, 6.45) is 0.854. The molecule has 9 nitrogen and oxygen atoms in total. The van der Waals surface area contributed by atoms with Crippen molar-refractivity contribution in [3.8, 4) is 11.5 Å². The van der Waals surface area contributed by atoms with Gasteiger partial charge in [0, 0.05) is 34.8 Å². The van der Waals surface area contributed by atoms with Gasteiger partial charge in [-0.05, 0) is 43.2 Å². The Kier molecular flexibility index (Phi) is 6.18. The summed E-state index contributed by atoms with van der Waals surface area (Å²) >= 11 is 6.24. The number of anilines is 2. The van der Waals surface area contributed by atoms with Crippen molar-refractivity contribution in [3.63, 3.8) is 0 Å². The number of rotatable bonds is 7. The normalized spacial score (nSPS) is 23.2. The van der Waals surface area contributed by atoms with Crippen molar-refractivity contribution in [1.29, 1.82) is 0 Å². The van der Waals surface area contributed by atoms with Crippen LogP contribution in [0.25, 0.3) is 0 Å². The van der Waals surface area contributed by atoms with Crippen molar-refractivity contribution in [2.24, 2.45) is 11.7 Å². The van der Waals surface area contributed by atoms with Gasteiger partial charge in [-0.3, -0.25) is 19.7 Å². The summed E-state index contributed by atoms with van der Waals surface area (Å²) in [7, 11) is 3.02. The molecule has 2 aliphatic heterocycles. The summed E-state index contributed by atoms with van der Waals surface area (Å²) in [5.41, 5.74) is 5.59. The van der Waals surface area contributed by atoms with E-state index in [1.807, 2.05) is 0 Å². The first-order valence-corrected chi connectivity index (χ1v) is 10.9. The molecule has 2 aliphatic rings. The van der Waals surface area contributed by atoms with E-state index < -0.39 is 17.4 Å². The van der Waals surface area contributed by atoms with Crippen LogP contribution in [0.2, 0.25) is 5.02 Å². The van der Waals surface area contributed by atoms with Crippen molar-refractivity contribution >= 4 is 40.7 Å². The predicted molar refractivity (Wildman–Crippen MR) is 123 cm³/mol. The number of hydrogen-bond acceptors (Lipinski definition) is 6. The van der Waals surface area contributed by atoms with Crippen LogP contribution >= 0.6 is 11.6 Å². The number of amides is 3. The average Bonchev–Trinajstić information content (AvgIpc) is 3.31. The van der Waals surface area contributed by atoms with Crippen LogP contribution in [0.1, 0.15) is 24.8 Å². The van der Waals surface area contributed by atoms with E-state index >= 15 is 0 Å². The molecule has 0 aliphatic carbocycles. The van der Waals surface area contributed by atoms with Gasteiger partial charge in [0.25, 0.3) is 0 Å². The monoisotopic (exact) mass is 472 g/mol. The van der Waals surface area contributed by atoms with E-state index in [4.69, 9.17) is 26.8 Å². The molecule has 5 N–H and O–H groups in total. The number of carbonyl (C=O) groups is 3. The first kappa shape index (κ1) is 22.9. The van der Waals surface area contributed by atoms with Gasteiger partial charge in [-0.1, -0.05) is 11.6 Å². The Morgan fingerprint density at radius 2 is 2.00 bits per heavy atom. The molecule has 0 aromatic heterocycles. The zero-order valence-electron chi connectivity index (χ0n) is 18.2. The molecule has 1 saturated heterocycles. The molecule has 2 aromatic rings. The molecular weight excluding hydrogens is 448 g/mol. The molecule has 2 heterocycles. The van der Waals surface area contributed by atoms with Gasteiger partial charge in [-0.25, -0.2) is 0 Å². The largest absolute Gasteiger partial charge is 0.497 e. The lowest BCUT2D eigenvalue weighted by atomic mass is 9.79. The second-order valence-corrected chi connectivity index (χ2v) is 8.58. The van der Waals surface area contributed by atoms with Gasteiger partial charge < -0.3 is 25.8 Å². The minimum atomic E-state index is -1.33. The number of nitrogens with one attached hydrogen (secondary N) is 3. The second-order valence-electron chi connectivity index (χ2n) is 8.14. The molecule has 0 bridgehead atoms. The number of benzene rings is 2. The highest BCUT2D eigenvalue weighted by atomic mass is 35.5. The topological polar surface area (TPSA) is 132 Å². The van der Waals surface area contributed by atoms with E-state index in [0.717, 1.165) is 0 Å². The lowest BCUT2D eigenvalue weighted by Crippen LogP contribution is -2.52. The number of ether oxygens (including phenoxy) is 2. The first-order chi connectivity index (χ1) is 15.8. The van der Waals surface area contributed by atoms with E-state index in [-0.39, 0.29) is 24.3 Å². The highest BCUT2D eigenvalue weighted by Crippen LogP contribution is 2.48. The molecule has 0 saturated carbocycles. The number of hydrogen-bond donors (Lipinski definition) is 4. The summed E-state index contributed by atoms with van der Waals surface area (Å²) < 4.78 is 10.6. The summed E-state index contributed by atoms with van der Waals surface area (Å²) in [5.74, 6) is -0.961. The Hall–Kier alpha value is -3.30. The summed E-state index contributed by atoms with van der Waals surface area (Å²) in [6.45, 7) is 0. The molecule has 0 unspecified atom stereocenters. The molecule has 33 heavy (non-hydrogen) atoms. The minimum Gasteiger partial charge on any atom is -0.497 e. The van der Waals surface area contributed by atoms with Crippen molar-refractivity contribution in [2.45, 2.75) is 30.8 Å². The predicted octanol–water partition coefficient (Wildman–Crippen LogP) is 2.39. The minimum absolute atomic E-state index is 0.135. The molecule has 3 atom stereocenters. The van der Waals surface area contributed by atoms with Crippen molar-refractivity contribution in [2.75, 3.05) is 24.9 Å². The molecule has 1 spiro atoms. The van der Waals surface area contributed by atoms with Gasteiger partial charge in [-0.15, -0.1) is 0 Å². The Morgan fingerprint density at radius 3 is 2.70 bits per heavy atom. The van der Waals surface area contributed by atoms with Gasteiger partial charge in [0.2, 0.25) is 17.7 Å². The SMILES string of the molecule is COc1ccc(OC)c(NC(=O)[C@@H]2C[C@H](CCC(N)=O)N[C@]23C(=O)Nc2ccc(Cl)cc23)c1. The number of halogens is 1. The maximum atomic E-state index is 13.6. The van der Waals surface area contributed by atoms with Gasteiger partial charge >= 0.3 is 0 Å². The fraction of sp³-hybridized carbons (Fsp3) is 0.348. The quantitative estimate of drug-likeness (QED) is 0.489. The maximum Gasteiger partial charge on any atom is 0.250 e. The third-order valence-electron chi connectivity index (χ3n) is 6.21. The van der Waals surface area contributed by atoms with Crippen LogP contribution in [0.5, 0.6) is 11.5 Å². The van der Waals surface area contributed by atoms with Crippen LogP contribution < -0.4 is 31.2 Å². The third-order valence-corrected chi connectivity index (χ3v) is 6.44. The van der Waals surface area contributed by atoms with Crippen LogP contribution in [0.15, 0.2) is 36.4 Å². The van der Waals surface area contributed by atoms with Crippen molar-refractivity contribution in [3.05, 3.63) is 47.0 Å². The average molecular weight is 473 g/mol. The van der Waals surface area contributed by atoms with Crippen molar-refractivity contribution < 1.29 is 23.9 Å². The molecule has 2 aromatic carbocycles. The smallest absolute Gasteiger partial charge is 0.250 e. The number of methoxy groups -OCH3 is 2. The summed E-state index contributed by atoms with van der Waals surface area (Å²) in [5, 5.41) is 9.52. The van der Waals surface area contributed by atoms with Gasteiger partial charge in [0.05, 0.1) is 25.8 Å². The molecule has 174 valence electrons. The van der Waals surface area contributed by atoms with Gasteiger partial charge in [0.15, 0.2) is 0 Å². The lowest BCUT2D eigenvalue weighted by Gasteiger charge is -2.29. The molecular formula is C23H25ClN4O5. The summed E-state index contributed by atoms with van der Waals surface area (Å²) in [6, 6.07) is 9.84. The first-order valence-electron chi connectivity index (χ1n) is 10.5. The molecule has 0 radical (unpaired) electrons. The molecule has 3 amide bonds. The Balaban J connectivity index is 1.72.